The molecular formula is C14H19ClN2O3. The number of aromatic nitrogens is 1. The molecule has 0 aliphatic carbocycles. The van der Waals surface area contributed by atoms with E-state index < -0.39 is 17.7 Å². The van der Waals surface area contributed by atoms with Crippen LogP contribution in [-0.2, 0) is 16.0 Å². The number of alkyl halides is 1. The van der Waals surface area contributed by atoms with Gasteiger partial charge in [0, 0.05) is 18.8 Å². The second kappa shape index (κ2) is 7.24. The molecule has 0 aliphatic heterocycles. The highest BCUT2D eigenvalue weighted by Crippen LogP contribution is 2.09. The Hall–Kier alpha value is -1.62. The second-order valence-corrected chi connectivity index (χ2v) is 5.63. The number of amides is 1. The van der Waals surface area contributed by atoms with Crippen molar-refractivity contribution in [3.63, 3.8) is 0 Å². The van der Waals surface area contributed by atoms with Crippen molar-refractivity contribution >= 4 is 23.5 Å². The first-order chi connectivity index (χ1) is 9.31. The van der Waals surface area contributed by atoms with Gasteiger partial charge in [0.2, 0.25) is 0 Å². The van der Waals surface area contributed by atoms with Gasteiger partial charge in [0.1, 0.15) is 5.60 Å². The number of hydrogen-bond donors (Lipinski definition) is 1. The molecule has 1 rings (SSSR count). The molecule has 1 amide bonds. The summed E-state index contributed by atoms with van der Waals surface area (Å²) < 4.78 is 5.14. The maximum atomic E-state index is 11.8. The molecule has 1 heterocycles. The maximum Gasteiger partial charge on any atom is 0.408 e. The van der Waals surface area contributed by atoms with E-state index in [0.717, 1.165) is 5.56 Å². The van der Waals surface area contributed by atoms with Gasteiger partial charge in [0.15, 0.2) is 5.78 Å². The number of nitrogens with zero attached hydrogens (tertiary/aromatic N) is 1. The zero-order valence-electron chi connectivity index (χ0n) is 11.9. The van der Waals surface area contributed by atoms with Gasteiger partial charge in [0.05, 0.1) is 11.9 Å². The lowest BCUT2D eigenvalue weighted by molar-refractivity contribution is -0.118. The highest BCUT2D eigenvalue weighted by molar-refractivity contribution is 6.28. The summed E-state index contributed by atoms with van der Waals surface area (Å²) in [6, 6.07) is 2.86. The lowest BCUT2D eigenvalue weighted by Crippen LogP contribution is -2.45. The fraction of sp³-hybridized carbons (Fsp3) is 0.500. The Bertz CT molecular complexity index is 457. The molecule has 1 aromatic rings. The standard InChI is InChI=1S/C14H19ClN2O3/c1-14(2,3)20-13(19)17-11(12(18)9-15)8-10-4-6-16-7-5-10/h4-7,11H,8-9H2,1-3H3,(H,17,19)/t11-/m0/s1. The van der Waals surface area contributed by atoms with E-state index >= 15 is 0 Å². The molecule has 5 nitrogen and oxygen atoms in total. The van der Waals surface area contributed by atoms with Gasteiger partial charge < -0.3 is 10.1 Å². The average Bonchev–Trinajstić information content (AvgIpc) is 2.36. The monoisotopic (exact) mass is 298 g/mol. The molecule has 0 aliphatic rings. The number of carbonyl (C=O) groups excluding carboxylic acids is 2. The number of pyridine rings is 1. The molecule has 6 heteroatoms. The van der Waals surface area contributed by atoms with Crippen LogP contribution in [-0.4, -0.2) is 34.4 Å². The van der Waals surface area contributed by atoms with Gasteiger partial charge in [-0.1, -0.05) is 0 Å². The van der Waals surface area contributed by atoms with Gasteiger partial charge >= 0.3 is 6.09 Å². The smallest absolute Gasteiger partial charge is 0.408 e. The van der Waals surface area contributed by atoms with Crippen LogP contribution in [0.1, 0.15) is 26.3 Å². The third kappa shape index (κ3) is 6.02. The number of Topliss-reactive ketones (excluding diaryl/α,β-unsaturated/α-hetero) is 1. The topological polar surface area (TPSA) is 68.3 Å². The van der Waals surface area contributed by atoms with E-state index in [1.54, 1.807) is 45.3 Å². The molecule has 0 saturated heterocycles. The zero-order valence-corrected chi connectivity index (χ0v) is 12.6. The van der Waals surface area contributed by atoms with Crippen LogP contribution in [0.15, 0.2) is 24.5 Å². The first-order valence-corrected chi connectivity index (χ1v) is 6.82. The van der Waals surface area contributed by atoms with Crippen molar-refractivity contribution in [2.24, 2.45) is 0 Å². The molecule has 0 spiro atoms. The summed E-state index contributed by atoms with van der Waals surface area (Å²) in [6.07, 6.45) is 2.98. The van der Waals surface area contributed by atoms with E-state index in [2.05, 4.69) is 10.3 Å². The fourth-order valence-electron chi connectivity index (χ4n) is 1.54. The van der Waals surface area contributed by atoms with Crippen LogP contribution in [0.25, 0.3) is 0 Å². The van der Waals surface area contributed by atoms with E-state index in [0.29, 0.717) is 6.42 Å². The minimum absolute atomic E-state index is 0.161. The Morgan fingerprint density at radius 3 is 2.45 bits per heavy atom. The summed E-state index contributed by atoms with van der Waals surface area (Å²) in [5.41, 5.74) is 0.273. The maximum absolute atomic E-state index is 11.8. The van der Waals surface area contributed by atoms with Crippen LogP contribution >= 0.6 is 11.6 Å². The van der Waals surface area contributed by atoms with E-state index in [4.69, 9.17) is 16.3 Å². The van der Waals surface area contributed by atoms with E-state index in [-0.39, 0.29) is 11.7 Å². The van der Waals surface area contributed by atoms with Crippen molar-refractivity contribution in [2.75, 3.05) is 5.88 Å². The highest BCUT2D eigenvalue weighted by atomic mass is 35.5. The van der Waals surface area contributed by atoms with Crippen LogP contribution in [0, 0.1) is 0 Å². The van der Waals surface area contributed by atoms with Crippen LogP contribution in [0.5, 0.6) is 0 Å². The lowest BCUT2D eigenvalue weighted by atomic mass is 10.0. The van der Waals surface area contributed by atoms with Crippen LogP contribution in [0.4, 0.5) is 4.79 Å². The largest absolute Gasteiger partial charge is 0.444 e. The third-order valence-electron chi connectivity index (χ3n) is 2.40. The van der Waals surface area contributed by atoms with E-state index in [1.807, 2.05) is 0 Å². The Morgan fingerprint density at radius 2 is 1.95 bits per heavy atom. The third-order valence-corrected chi connectivity index (χ3v) is 2.66. The number of hydrogen-bond acceptors (Lipinski definition) is 4. The molecule has 20 heavy (non-hydrogen) atoms. The molecule has 1 atom stereocenters. The lowest BCUT2D eigenvalue weighted by Gasteiger charge is -2.22. The van der Waals surface area contributed by atoms with Gasteiger partial charge in [-0.05, 0) is 38.5 Å². The number of ether oxygens (including phenoxy) is 1. The Balaban J connectivity index is 2.70. The van der Waals surface area contributed by atoms with Crippen LogP contribution < -0.4 is 5.32 Å². The van der Waals surface area contributed by atoms with E-state index in [9.17, 15) is 9.59 Å². The van der Waals surface area contributed by atoms with Crippen molar-refractivity contribution in [3.8, 4) is 0 Å². The molecule has 1 N–H and O–H groups in total. The number of halogens is 1. The molecule has 0 fully saturated rings. The van der Waals surface area contributed by atoms with Crippen LogP contribution in [0.3, 0.4) is 0 Å². The molecule has 0 bridgehead atoms. The van der Waals surface area contributed by atoms with Crippen molar-refractivity contribution < 1.29 is 14.3 Å². The number of carbonyl (C=O) groups is 2. The minimum atomic E-state index is -0.704. The summed E-state index contributed by atoms with van der Waals surface area (Å²) in [7, 11) is 0. The summed E-state index contributed by atoms with van der Waals surface area (Å²) in [4.78, 5) is 27.4. The van der Waals surface area contributed by atoms with Gasteiger partial charge in [-0.2, -0.15) is 0 Å². The summed E-state index contributed by atoms with van der Waals surface area (Å²) in [6.45, 7) is 5.27. The molecule has 1 aromatic heterocycles. The number of rotatable bonds is 5. The number of nitrogens with one attached hydrogen (secondary N) is 1. The molecule has 110 valence electrons. The molecular weight excluding hydrogens is 280 g/mol. The Morgan fingerprint density at radius 1 is 1.35 bits per heavy atom. The van der Waals surface area contributed by atoms with Crippen LogP contribution in [0.2, 0.25) is 0 Å². The highest BCUT2D eigenvalue weighted by Gasteiger charge is 2.23. The summed E-state index contributed by atoms with van der Waals surface area (Å²) in [5, 5.41) is 2.56. The van der Waals surface area contributed by atoms with Gasteiger partial charge in [0.25, 0.3) is 0 Å². The van der Waals surface area contributed by atoms with Gasteiger partial charge in [-0.25, -0.2) is 4.79 Å². The molecule has 0 unspecified atom stereocenters. The molecule has 0 aromatic carbocycles. The zero-order chi connectivity index (χ0) is 15.2. The predicted octanol–water partition coefficient (Wildman–Crippen LogP) is 2.33. The van der Waals surface area contributed by atoms with Crippen molar-refractivity contribution in [1.29, 1.82) is 0 Å². The first-order valence-electron chi connectivity index (χ1n) is 6.29. The normalized spacial score (nSPS) is 12.6. The molecule has 0 saturated carbocycles. The SMILES string of the molecule is CC(C)(C)OC(=O)N[C@@H](Cc1ccncc1)C(=O)CCl. The van der Waals surface area contributed by atoms with Gasteiger partial charge in [-0.15, -0.1) is 11.6 Å². The first kappa shape index (κ1) is 16.4. The quantitative estimate of drug-likeness (QED) is 0.847. The summed E-state index contributed by atoms with van der Waals surface area (Å²) in [5.74, 6) is -0.416. The van der Waals surface area contributed by atoms with Crippen molar-refractivity contribution in [1.82, 2.24) is 10.3 Å². The average molecular weight is 299 g/mol. The van der Waals surface area contributed by atoms with Crippen molar-refractivity contribution in [3.05, 3.63) is 30.1 Å². The van der Waals surface area contributed by atoms with Gasteiger partial charge in [-0.3, -0.25) is 9.78 Å². The number of ketones is 1. The Kier molecular flexibility index (Phi) is 5.95. The minimum Gasteiger partial charge on any atom is -0.444 e. The van der Waals surface area contributed by atoms with E-state index in [1.165, 1.54) is 0 Å². The fourth-order valence-corrected chi connectivity index (χ4v) is 1.73. The van der Waals surface area contributed by atoms with Crippen molar-refractivity contribution in [2.45, 2.75) is 38.8 Å². The Labute approximate surface area is 123 Å². The molecule has 0 radical (unpaired) electrons. The predicted molar refractivity (Wildman–Crippen MR) is 76.8 cm³/mol. The summed E-state index contributed by atoms with van der Waals surface area (Å²) >= 11 is 5.58. The second-order valence-electron chi connectivity index (χ2n) is 5.36. The number of alkyl carbamates (subject to hydrolysis) is 1.